The van der Waals surface area contributed by atoms with Gasteiger partial charge in [-0.3, -0.25) is 0 Å². The molecule has 18 heavy (non-hydrogen) atoms. The van der Waals surface area contributed by atoms with Gasteiger partial charge in [0, 0.05) is 18.3 Å². The molecule has 0 aliphatic heterocycles. The van der Waals surface area contributed by atoms with Crippen molar-refractivity contribution >= 4 is 5.95 Å². The molecule has 0 atom stereocenters. The van der Waals surface area contributed by atoms with Crippen molar-refractivity contribution in [3.8, 4) is 5.88 Å². The summed E-state index contributed by atoms with van der Waals surface area (Å²) in [5.74, 6) is 4.09. The molecule has 4 nitrogen and oxygen atoms in total. The van der Waals surface area contributed by atoms with Crippen LogP contribution in [0, 0.1) is 24.7 Å². The van der Waals surface area contributed by atoms with Crippen molar-refractivity contribution in [3.63, 3.8) is 0 Å². The average molecular weight is 247 g/mol. The fourth-order valence-electron chi connectivity index (χ4n) is 2.70. The Balaban J connectivity index is 1.62. The predicted molar refractivity (Wildman–Crippen MR) is 70.7 cm³/mol. The summed E-state index contributed by atoms with van der Waals surface area (Å²) in [5.41, 5.74) is 0.943. The van der Waals surface area contributed by atoms with Gasteiger partial charge in [-0.2, -0.15) is 4.98 Å². The summed E-state index contributed by atoms with van der Waals surface area (Å²) < 4.78 is 5.17. The maximum Gasteiger partial charge on any atom is 0.226 e. The molecular weight excluding hydrogens is 226 g/mol. The molecule has 3 rings (SSSR count). The van der Waals surface area contributed by atoms with E-state index in [0.717, 1.165) is 30.0 Å². The van der Waals surface area contributed by atoms with Crippen LogP contribution in [0.5, 0.6) is 5.88 Å². The minimum absolute atomic E-state index is 0.638. The highest BCUT2D eigenvalue weighted by Crippen LogP contribution is 2.49. The first kappa shape index (κ1) is 11.8. The molecule has 0 bridgehead atoms. The topological polar surface area (TPSA) is 47.0 Å². The van der Waals surface area contributed by atoms with E-state index in [0.29, 0.717) is 11.8 Å². The van der Waals surface area contributed by atoms with Crippen LogP contribution >= 0.6 is 0 Å². The first-order valence-electron chi connectivity index (χ1n) is 6.90. The van der Waals surface area contributed by atoms with Gasteiger partial charge in [0.05, 0.1) is 7.11 Å². The quantitative estimate of drug-likeness (QED) is 0.839. The highest BCUT2D eigenvalue weighted by atomic mass is 16.5. The number of nitrogens with zero attached hydrogens (tertiary/aromatic N) is 2. The Bertz CT molecular complexity index is 415. The molecule has 0 amide bonds. The Kier molecular flexibility index (Phi) is 3.10. The van der Waals surface area contributed by atoms with Crippen LogP contribution in [0.2, 0.25) is 0 Å². The number of rotatable bonds is 6. The Morgan fingerprint density at radius 2 is 1.94 bits per heavy atom. The van der Waals surface area contributed by atoms with E-state index in [-0.39, 0.29) is 0 Å². The summed E-state index contributed by atoms with van der Waals surface area (Å²) >= 11 is 0. The lowest BCUT2D eigenvalue weighted by molar-refractivity contribution is 0.396. The van der Waals surface area contributed by atoms with Crippen molar-refractivity contribution in [2.24, 2.45) is 17.8 Å². The highest BCUT2D eigenvalue weighted by Gasteiger charge is 2.41. The Hall–Kier alpha value is -1.32. The van der Waals surface area contributed by atoms with E-state index in [2.05, 4.69) is 15.3 Å². The van der Waals surface area contributed by atoms with Crippen LogP contribution in [0.1, 0.15) is 31.4 Å². The molecular formula is C14H21N3O. The van der Waals surface area contributed by atoms with Crippen LogP contribution in [0.25, 0.3) is 0 Å². The van der Waals surface area contributed by atoms with Crippen molar-refractivity contribution in [1.82, 2.24) is 9.97 Å². The third kappa shape index (κ3) is 2.74. The number of anilines is 1. The zero-order chi connectivity index (χ0) is 12.5. The van der Waals surface area contributed by atoms with Gasteiger partial charge < -0.3 is 10.1 Å². The van der Waals surface area contributed by atoms with Crippen molar-refractivity contribution < 1.29 is 4.74 Å². The summed E-state index contributed by atoms with van der Waals surface area (Å²) in [6.07, 6.45) is 5.67. The Morgan fingerprint density at radius 3 is 2.50 bits per heavy atom. The van der Waals surface area contributed by atoms with Gasteiger partial charge in [-0.05, 0) is 50.4 Å². The van der Waals surface area contributed by atoms with Crippen molar-refractivity contribution in [2.45, 2.75) is 32.6 Å². The van der Waals surface area contributed by atoms with Gasteiger partial charge in [-0.15, -0.1) is 0 Å². The van der Waals surface area contributed by atoms with Gasteiger partial charge in [-0.25, -0.2) is 4.98 Å². The molecule has 1 aromatic rings. The minimum atomic E-state index is 0.638. The van der Waals surface area contributed by atoms with E-state index in [1.807, 2.05) is 13.0 Å². The number of nitrogens with one attached hydrogen (secondary N) is 1. The summed E-state index contributed by atoms with van der Waals surface area (Å²) in [6, 6.07) is 1.85. The number of ether oxygens (including phenoxy) is 1. The molecule has 0 saturated heterocycles. The van der Waals surface area contributed by atoms with Crippen LogP contribution in [-0.4, -0.2) is 23.6 Å². The molecule has 1 N–H and O–H groups in total. The van der Waals surface area contributed by atoms with Gasteiger partial charge >= 0.3 is 0 Å². The molecule has 0 spiro atoms. The maximum atomic E-state index is 5.17. The standard InChI is InChI=1S/C14H21N3O/c1-9-7-13(18-2)17-14(16-9)15-8-12(10-3-4-10)11-5-6-11/h7,10-12H,3-6,8H2,1-2H3,(H,15,16,17). The first-order chi connectivity index (χ1) is 8.76. The lowest BCUT2D eigenvalue weighted by atomic mass is 9.98. The molecule has 2 aliphatic carbocycles. The highest BCUT2D eigenvalue weighted by molar-refractivity contribution is 5.30. The average Bonchev–Trinajstić information content (AvgIpc) is 3.22. The van der Waals surface area contributed by atoms with E-state index >= 15 is 0 Å². The fourth-order valence-corrected chi connectivity index (χ4v) is 2.70. The molecule has 2 saturated carbocycles. The van der Waals surface area contributed by atoms with Gasteiger partial charge in [0.15, 0.2) is 0 Å². The lowest BCUT2D eigenvalue weighted by Crippen LogP contribution is -2.19. The van der Waals surface area contributed by atoms with E-state index in [1.54, 1.807) is 7.11 Å². The van der Waals surface area contributed by atoms with Crippen molar-refractivity contribution in [2.75, 3.05) is 19.0 Å². The molecule has 0 radical (unpaired) electrons. The third-order valence-corrected chi connectivity index (χ3v) is 3.99. The molecule has 98 valence electrons. The minimum Gasteiger partial charge on any atom is -0.481 e. The molecule has 1 aromatic heterocycles. The summed E-state index contributed by atoms with van der Waals surface area (Å²) in [4.78, 5) is 8.75. The second kappa shape index (κ2) is 4.75. The van der Waals surface area contributed by atoms with Crippen molar-refractivity contribution in [1.29, 1.82) is 0 Å². The van der Waals surface area contributed by atoms with Crippen LogP contribution in [-0.2, 0) is 0 Å². The molecule has 2 aliphatic rings. The SMILES string of the molecule is COc1cc(C)nc(NCC(C2CC2)C2CC2)n1. The van der Waals surface area contributed by atoms with E-state index in [4.69, 9.17) is 4.74 Å². The van der Waals surface area contributed by atoms with Gasteiger partial charge in [0.2, 0.25) is 11.8 Å². The van der Waals surface area contributed by atoms with Crippen LogP contribution in [0.4, 0.5) is 5.95 Å². The number of aromatic nitrogens is 2. The number of hydrogen-bond acceptors (Lipinski definition) is 4. The van der Waals surface area contributed by atoms with Crippen LogP contribution in [0.15, 0.2) is 6.07 Å². The third-order valence-electron chi connectivity index (χ3n) is 3.99. The second-order valence-electron chi connectivity index (χ2n) is 5.59. The Morgan fingerprint density at radius 1 is 1.28 bits per heavy atom. The number of hydrogen-bond donors (Lipinski definition) is 1. The van der Waals surface area contributed by atoms with Gasteiger partial charge in [0.1, 0.15) is 0 Å². The van der Waals surface area contributed by atoms with Crippen LogP contribution < -0.4 is 10.1 Å². The smallest absolute Gasteiger partial charge is 0.226 e. The summed E-state index contributed by atoms with van der Waals surface area (Å²) in [5, 5.41) is 3.40. The molecule has 1 heterocycles. The van der Waals surface area contributed by atoms with Crippen LogP contribution in [0.3, 0.4) is 0 Å². The van der Waals surface area contributed by atoms with E-state index < -0.39 is 0 Å². The maximum absolute atomic E-state index is 5.17. The predicted octanol–water partition coefficient (Wildman–Crippen LogP) is 2.64. The summed E-state index contributed by atoms with van der Waals surface area (Å²) in [7, 11) is 1.64. The zero-order valence-corrected chi connectivity index (χ0v) is 11.1. The summed E-state index contributed by atoms with van der Waals surface area (Å²) in [6.45, 7) is 2.98. The van der Waals surface area contributed by atoms with E-state index in [9.17, 15) is 0 Å². The van der Waals surface area contributed by atoms with Gasteiger partial charge in [-0.1, -0.05) is 0 Å². The molecule has 2 fully saturated rings. The molecule has 4 heteroatoms. The molecule has 0 unspecified atom stereocenters. The van der Waals surface area contributed by atoms with Gasteiger partial charge in [0.25, 0.3) is 0 Å². The number of methoxy groups -OCH3 is 1. The fraction of sp³-hybridized carbons (Fsp3) is 0.714. The second-order valence-corrected chi connectivity index (χ2v) is 5.59. The Labute approximate surface area is 108 Å². The first-order valence-corrected chi connectivity index (χ1v) is 6.90. The normalized spacial score (nSPS) is 19.1. The molecule has 0 aromatic carbocycles. The van der Waals surface area contributed by atoms with Crippen molar-refractivity contribution in [3.05, 3.63) is 11.8 Å². The lowest BCUT2D eigenvalue weighted by Gasteiger charge is -2.16. The largest absolute Gasteiger partial charge is 0.481 e. The number of aryl methyl sites for hydroxylation is 1. The van der Waals surface area contributed by atoms with E-state index in [1.165, 1.54) is 25.7 Å². The monoisotopic (exact) mass is 247 g/mol. The zero-order valence-electron chi connectivity index (χ0n) is 11.1.